The Labute approximate surface area is 138 Å². The van der Waals surface area contributed by atoms with Gasteiger partial charge in [-0.1, -0.05) is 53.0 Å². The zero-order valence-corrected chi connectivity index (χ0v) is 13.2. The van der Waals surface area contributed by atoms with Gasteiger partial charge in [-0.05, 0) is 41.5 Å². The molecule has 2 rings (SSSR count). The Morgan fingerprint density at radius 1 is 1.05 bits per heavy atom. The molecule has 0 bridgehead atoms. The summed E-state index contributed by atoms with van der Waals surface area (Å²) in [7, 11) is 0. The lowest BCUT2D eigenvalue weighted by Crippen LogP contribution is -2.20. The van der Waals surface area contributed by atoms with E-state index >= 15 is 0 Å². The van der Waals surface area contributed by atoms with Crippen LogP contribution in [0.5, 0.6) is 0 Å². The van der Waals surface area contributed by atoms with Crippen molar-refractivity contribution in [2.45, 2.75) is 6.54 Å². The summed E-state index contributed by atoms with van der Waals surface area (Å²) >= 11 is 17.6. The minimum Gasteiger partial charge on any atom is -0.348 e. The molecular weight excluding hydrogens is 329 g/mol. The summed E-state index contributed by atoms with van der Waals surface area (Å²) in [4.78, 5) is 11.7. The Kier molecular flexibility index (Phi) is 5.68. The zero-order chi connectivity index (χ0) is 15.2. The lowest BCUT2D eigenvalue weighted by molar-refractivity contribution is -0.116. The maximum atomic E-state index is 11.7. The highest BCUT2D eigenvalue weighted by Crippen LogP contribution is 2.23. The van der Waals surface area contributed by atoms with Gasteiger partial charge in [-0.25, -0.2) is 0 Å². The first-order valence-corrected chi connectivity index (χ1v) is 7.33. The number of hydrogen-bond acceptors (Lipinski definition) is 1. The molecular formula is C16H12Cl3NO. The van der Waals surface area contributed by atoms with Gasteiger partial charge in [-0.15, -0.1) is 0 Å². The van der Waals surface area contributed by atoms with E-state index in [1.807, 2.05) is 18.2 Å². The minimum atomic E-state index is -0.193. The van der Waals surface area contributed by atoms with Crippen LogP contribution in [0.1, 0.15) is 11.1 Å². The van der Waals surface area contributed by atoms with Crippen molar-refractivity contribution >= 4 is 46.8 Å². The summed E-state index contributed by atoms with van der Waals surface area (Å²) in [6.07, 6.45) is 3.12. The molecule has 21 heavy (non-hydrogen) atoms. The van der Waals surface area contributed by atoms with Gasteiger partial charge in [-0.3, -0.25) is 4.79 Å². The molecule has 2 aromatic carbocycles. The molecule has 0 spiro atoms. The lowest BCUT2D eigenvalue weighted by atomic mass is 10.2. The molecule has 0 aliphatic carbocycles. The average molecular weight is 341 g/mol. The van der Waals surface area contributed by atoms with E-state index in [-0.39, 0.29) is 5.91 Å². The average Bonchev–Trinajstić information content (AvgIpc) is 2.46. The summed E-state index contributed by atoms with van der Waals surface area (Å²) in [5.74, 6) is -0.193. The standard InChI is InChI=1S/C16H12Cl3NO/c17-13-3-1-2-12(8-13)10-20-16(21)7-5-11-4-6-14(18)15(19)9-11/h1-9H,10H2,(H,20,21)/b7-5+. The van der Waals surface area contributed by atoms with Crippen molar-refractivity contribution in [3.63, 3.8) is 0 Å². The molecule has 0 aromatic heterocycles. The van der Waals surface area contributed by atoms with E-state index in [0.29, 0.717) is 21.6 Å². The lowest BCUT2D eigenvalue weighted by Gasteiger charge is -2.03. The van der Waals surface area contributed by atoms with Gasteiger partial charge in [0.15, 0.2) is 0 Å². The first-order chi connectivity index (χ1) is 10.0. The number of carbonyl (C=O) groups excluding carboxylic acids is 1. The van der Waals surface area contributed by atoms with Crippen LogP contribution in [-0.2, 0) is 11.3 Å². The van der Waals surface area contributed by atoms with E-state index in [9.17, 15) is 4.79 Å². The number of nitrogens with one attached hydrogen (secondary N) is 1. The van der Waals surface area contributed by atoms with E-state index in [0.717, 1.165) is 11.1 Å². The Bertz CT molecular complexity index is 683. The van der Waals surface area contributed by atoms with Crippen molar-refractivity contribution in [3.8, 4) is 0 Å². The Morgan fingerprint density at radius 3 is 2.57 bits per heavy atom. The molecule has 0 unspecified atom stereocenters. The SMILES string of the molecule is O=C(/C=C/c1ccc(Cl)c(Cl)c1)NCc1cccc(Cl)c1. The molecule has 5 heteroatoms. The first-order valence-electron chi connectivity index (χ1n) is 6.20. The van der Waals surface area contributed by atoms with Crippen molar-refractivity contribution in [2.24, 2.45) is 0 Å². The van der Waals surface area contributed by atoms with Gasteiger partial charge in [-0.2, -0.15) is 0 Å². The number of hydrogen-bond donors (Lipinski definition) is 1. The highest BCUT2D eigenvalue weighted by Gasteiger charge is 1.99. The van der Waals surface area contributed by atoms with Crippen LogP contribution in [-0.4, -0.2) is 5.91 Å². The monoisotopic (exact) mass is 339 g/mol. The molecule has 0 radical (unpaired) electrons. The predicted octanol–water partition coefficient (Wildman–Crippen LogP) is 4.98. The van der Waals surface area contributed by atoms with Gasteiger partial charge in [0.05, 0.1) is 10.0 Å². The minimum absolute atomic E-state index is 0.193. The summed E-state index contributed by atoms with van der Waals surface area (Å²) in [5, 5.41) is 4.37. The maximum absolute atomic E-state index is 11.7. The second-order valence-electron chi connectivity index (χ2n) is 4.35. The molecule has 0 atom stereocenters. The van der Waals surface area contributed by atoms with E-state index in [2.05, 4.69) is 5.32 Å². The number of rotatable bonds is 4. The Morgan fingerprint density at radius 2 is 1.86 bits per heavy atom. The highest BCUT2D eigenvalue weighted by molar-refractivity contribution is 6.42. The second kappa shape index (κ2) is 7.51. The van der Waals surface area contributed by atoms with E-state index in [1.54, 1.807) is 30.3 Å². The van der Waals surface area contributed by atoms with Crippen molar-refractivity contribution in [1.29, 1.82) is 0 Å². The van der Waals surface area contributed by atoms with Crippen LogP contribution in [0.25, 0.3) is 6.08 Å². The van der Waals surface area contributed by atoms with Crippen molar-refractivity contribution < 1.29 is 4.79 Å². The van der Waals surface area contributed by atoms with Crippen LogP contribution in [0.15, 0.2) is 48.5 Å². The van der Waals surface area contributed by atoms with Crippen LogP contribution in [0, 0.1) is 0 Å². The van der Waals surface area contributed by atoms with Gasteiger partial charge in [0.1, 0.15) is 0 Å². The number of amides is 1. The Hall–Kier alpha value is -1.48. The van der Waals surface area contributed by atoms with Gasteiger partial charge in [0, 0.05) is 17.6 Å². The van der Waals surface area contributed by atoms with Gasteiger partial charge in [0.25, 0.3) is 0 Å². The fourth-order valence-electron chi connectivity index (χ4n) is 1.68. The van der Waals surface area contributed by atoms with Crippen LogP contribution < -0.4 is 5.32 Å². The molecule has 0 heterocycles. The molecule has 1 amide bonds. The van der Waals surface area contributed by atoms with Gasteiger partial charge >= 0.3 is 0 Å². The van der Waals surface area contributed by atoms with Gasteiger partial charge < -0.3 is 5.32 Å². The third kappa shape index (κ3) is 5.09. The molecule has 2 nitrogen and oxygen atoms in total. The van der Waals surface area contributed by atoms with Gasteiger partial charge in [0.2, 0.25) is 5.91 Å². The Balaban J connectivity index is 1.92. The molecule has 1 N–H and O–H groups in total. The molecule has 0 fully saturated rings. The normalized spacial score (nSPS) is 10.8. The van der Waals surface area contributed by atoms with E-state index in [1.165, 1.54) is 6.08 Å². The van der Waals surface area contributed by atoms with Crippen molar-refractivity contribution in [3.05, 3.63) is 74.7 Å². The number of carbonyl (C=O) groups is 1. The largest absolute Gasteiger partial charge is 0.348 e. The highest BCUT2D eigenvalue weighted by atomic mass is 35.5. The molecule has 0 aliphatic heterocycles. The van der Waals surface area contributed by atoms with Crippen LogP contribution >= 0.6 is 34.8 Å². The third-order valence-corrected chi connectivity index (χ3v) is 3.70. The first kappa shape index (κ1) is 15.9. The fourth-order valence-corrected chi connectivity index (χ4v) is 2.20. The quantitative estimate of drug-likeness (QED) is 0.782. The smallest absolute Gasteiger partial charge is 0.244 e. The maximum Gasteiger partial charge on any atom is 0.244 e. The topological polar surface area (TPSA) is 29.1 Å². The van der Waals surface area contributed by atoms with Crippen molar-refractivity contribution in [1.82, 2.24) is 5.32 Å². The van der Waals surface area contributed by atoms with Crippen molar-refractivity contribution in [2.75, 3.05) is 0 Å². The summed E-state index contributed by atoms with van der Waals surface area (Å²) < 4.78 is 0. The zero-order valence-electron chi connectivity index (χ0n) is 10.9. The summed E-state index contributed by atoms with van der Waals surface area (Å²) in [6.45, 7) is 0.422. The fraction of sp³-hybridized carbons (Fsp3) is 0.0625. The van der Waals surface area contributed by atoms with E-state index in [4.69, 9.17) is 34.8 Å². The number of halogens is 3. The second-order valence-corrected chi connectivity index (χ2v) is 5.61. The summed E-state index contributed by atoms with van der Waals surface area (Å²) in [6, 6.07) is 12.5. The third-order valence-electron chi connectivity index (χ3n) is 2.73. The predicted molar refractivity (Wildman–Crippen MR) is 88.8 cm³/mol. The molecule has 108 valence electrons. The van der Waals surface area contributed by atoms with Crippen LogP contribution in [0.3, 0.4) is 0 Å². The molecule has 0 saturated carbocycles. The van der Waals surface area contributed by atoms with Crippen LogP contribution in [0.2, 0.25) is 15.1 Å². The number of benzene rings is 2. The molecule has 0 aliphatic rings. The van der Waals surface area contributed by atoms with Crippen LogP contribution in [0.4, 0.5) is 0 Å². The summed E-state index contributed by atoms with van der Waals surface area (Å²) in [5.41, 5.74) is 1.75. The molecule has 0 saturated heterocycles. The van der Waals surface area contributed by atoms with E-state index < -0.39 is 0 Å². The molecule has 2 aromatic rings.